The number of halogens is 1. The van der Waals surface area contributed by atoms with Crippen molar-refractivity contribution < 1.29 is 44.2 Å². The number of aromatic amines is 1. The first-order chi connectivity index (χ1) is 18.9. The Morgan fingerprint density at radius 2 is 1.95 bits per heavy atom. The summed E-state index contributed by atoms with van der Waals surface area (Å²) in [5.74, 6) is -3.63. The molecule has 8 N–H and O–H groups in total. The van der Waals surface area contributed by atoms with Gasteiger partial charge in [-0.3, -0.25) is 23.9 Å². The van der Waals surface area contributed by atoms with Gasteiger partial charge in [0.1, 0.15) is 24.4 Å². The van der Waals surface area contributed by atoms with Gasteiger partial charge in [0.2, 0.25) is 12.2 Å². The number of nitrogens with zero attached hydrogens (tertiary/aromatic N) is 1. The van der Waals surface area contributed by atoms with Crippen molar-refractivity contribution in [1.29, 1.82) is 0 Å². The summed E-state index contributed by atoms with van der Waals surface area (Å²) in [4.78, 5) is 50.9. The molecule has 1 aromatic carbocycles. The van der Waals surface area contributed by atoms with Gasteiger partial charge in [-0.2, -0.15) is 0 Å². The molecule has 0 aliphatic carbocycles. The van der Waals surface area contributed by atoms with Gasteiger partial charge in [-0.05, 0) is 36.8 Å². The maximum atomic E-state index is 12.8. The predicted octanol–water partition coefficient (Wildman–Crippen LogP) is -2.05. The maximum Gasteiger partial charge on any atom is 0.330 e. The lowest BCUT2D eigenvalue weighted by molar-refractivity contribution is -0.239. The van der Waals surface area contributed by atoms with Gasteiger partial charge in [0, 0.05) is 28.3 Å². The molecule has 0 radical (unpaired) electrons. The molecule has 0 bridgehead atoms. The number of aliphatic hydroxyl groups excluding tert-OH is 4. The number of carbonyl (C=O) groups is 2. The molecule has 1 fully saturated rings. The van der Waals surface area contributed by atoms with E-state index >= 15 is 0 Å². The van der Waals surface area contributed by atoms with E-state index in [9.17, 15) is 39.6 Å². The number of hydrogen-bond acceptors (Lipinski definition) is 11. The maximum absolute atomic E-state index is 12.8. The molecule has 0 saturated carbocycles. The van der Waals surface area contributed by atoms with Gasteiger partial charge >= 0.3 is 5.69 Å². The van der Waals surface area contributed by atoms with E-state index in [4.69, 9.17) is 19.9 Å². The number of nitrogens with one attached hydrogen (secondary N) is 2. The molecule has 2 amide bonds. The zero-order valence-electron chi connectivity index (χ0n) is 20.8. The largest absolute Gasteiger partial charge is 0.456 e. The number of amides is 2. The predicted molar refractivity (Wildman–Crippen MR) is 138 cm³/mol. The van der Waals surface area contributed by atoms with Crippen molar-refractivity contribution >= 4 is 33.4 Å². The minimum Gasteiger partial charge on any atom is -0.456 e. The van der Waals surface area contributed by atoms with Crippen molar-refractivity contribution in [3.05, 3.63) is 73.2 Å². The minimum absolute atomic E-state index is 0.408. The van der Waals surface area contributed by atoms with E-state index in [-0.39, 0.29) is 0 Å². The molecule has 1 aromatic heterocycles. The average Bonchev–Trinajstić information content (AvgIpc) is 3.22. The van der Waals surface area contributed by atoms with Crippen LogP contribution in [0.3, 0.4) is 0 Å². The molecule has 2 aliphatic heterocycles. The van der Waals surface area contributed by atoms with E-state index in [0.29, 0.717) is 5.69 Å². The van der Waals surface area contributed by atoms with E-state index in [1.807, 2.05) is 11.9 Å². The second-order valence-corrected chi connectivity index (χ2v) is 10.1. The Balaban J connectivity index is 1.54. The van der Waals surface area contributed by atoms with Crippen LogP contribution in [0.25, 0.3) is 0 Å². The number of aromatic nitrogens is 2. The molecule has 16 heteroatoms. The highest BCUT2D eigenvalue weighted by molar-refractivity contribution is 9.10. The number of hydrogen-bond donors (Lipinski definition) is 7. The molecule has 0 unspecified atom stereocenters. The highest BCUT2D eigenvalue weighted by Crippen LogP contribution is 2.36. The molecule has 8 atom stereocenters. The van der Waals surface area contributed by atoms with Crippen molar-refractivity contribution in [2.75, 3.05) is 11.9 Å². The molecule has 2 aliphatic rings. The third-order valence-corrected chi connectivity index (χ3v) is 7.37. The number of nitrogens with two attached hydrogens (primary N) is 1. The van der Waals surface area contributed by atoms with Crippen LogP contribution >= 0.6 is 15.9 Å². The zero-order chi connectivity index (χ0) is 29.3. The summed E-state index contributed by atoms with van der Waals surface area (Å²) < 4.78 is 18.4. The molecule has 2 aromatic rings. The first-order valence-electron chi connectivity index (χ1n) is 11.9. The van der Waals surface area contributed by atoms with E-state index in [1.165, 1.54) is 0 Å². The van der Waals surface area contributed by atoms with Crippen LogP contribution < -0.4 is 22.3 Å². The number of aliphatic hydroxyl groups is 4. The van der Waals surface area contributed by atoms with Gasteiger partial charge in [-0.15, -0.1) is 0 Å². The van der Waals surface area contributed by atoms with Crippen LogP contribution in [0, 0.1) is 12.8 Å². The molecule has 1 saturated heterocycles. The van der Waals surface area contributed by atoms with Gasteiger partial charge in [0.05, 0.1) is 6.61 Å². The van der Waals surface area contributed by atoms with Gasteiger partial charge in [-0.1, -0.05) is 15.9 Å². The molecule has 40 heavy (non-hydrogen) atoms. The van der Waals surface area contributed by atoms with Crippen molar-refractivity contribution in [1.82, 2.24) is 9.55 Å². The number of carbonyl (C=O) groups excluding carboxylic acids is 2. The van der Waals surface area contributed by atoms with Gasteiger partial charge < -0.3 is 45.7 Å². The van der Waals surface area contributed by atoms with E-state index in [2.05, 4.69) is 21.2 Å². The second-order valence-electron chi connectivity index (χ2n) is 9.22. The number of benzene rings is 1. The SMILES string of the molecule is Cc1cc(NC(=O)C2=C[C@H](O)[C@H](O)[C@@H](O[C@@H](C(N)=O)[C@H]3O[C@@H](n4ccc(=O)[nH]c4=O)[C@H](O)[C@@H]3CO)O2)ccc1Br. The lowest BCUT2D eigenvalue weighted by atomic mass is 9.94. The van der Waals surface area contributed by atoms with Crippen LogP contribution in [-0.2, 0) is 23.8 Å². The van der Waals surface area contributed by atoms with Crippen molar-refractivity contribution in [2.45, 2.75) is 50.0 Å². The average molecular weight is 627 g/mol. The summed E-state index contributed by atoms with van der Waals surface area (Å²) >= 11 is 3.36. The Morgan fingerprint density at radius 1 is 1.23 bits per heavy atom. The number of ether oxygens (including phenoxy) is 3. The molecular weight excluding hydrogens is 600 g/mol. The van der Waals surface area contributed by atoms with E-state index in [0.717, 1.165) is 32.9 Å². The van der Waals surface area contributed by atoms with Gasteiger partial charge in [0.25, 0.3) is 11.5 Å². The summed E-state index contributed by atoms with van der Waals surface area (Å²) in [6.45, 7) is 1.06. The summed E-state index contributed by atoms with van der Waals surface area (Å²) in [6.07, 6.45) is -9.57. The summed E-state index contributed by atoms with van der Waals surface area (Å²) in [5.41, 5.74) is 5.12. The fourth-order valence-corrected chi connectivity index (χ4v) is 4.61. The molecule has 15 nitrogen and oxygen atoms in total. The monoisotopic (exact) mass is 626 g/mol. The summed E-state index contributed by atoms with van der Waals surface area (Å²) in [7, 11) is 0. The molecular formula is C24H27BrN4O11. The Labute approximate surface area is 233 Å². The molecule has 0 spiro atoms. The molecule has 4 rings (SSSR count). The van der Waals surface area contributed by atoms with Crippen LogP contribution in [0.1, 0.15) is 11.8 Å². The number of rotatable bonds is 8. The minimum atomic E-state index is -1.82. The third-order valence-electron chi connectivity index (χ3n) is 6.48. The lowest BCUT2D eigenvalue weighted by Gasteiger charge is -2.35. The number of primary amides is 1. The normalized spacial score (nSPS) is 28.9. The topological polar surface area (TPSA) is 236 Å². The number of H-pyrrole nitrogens is 1. The van der Waals surface area contributed by atoms with Crippen LogP contribution in [0.2, 0.25) is 0 Å². The quantitative estimate of drug-likeness (QED) is 0.168. The lowest BCUT2D eigenvalue weighted by Crippen LogP contribution is -2.52. The third kappa shape index (κ3) is 6.02. The van der Waals surface area contributed by atoms with Gasteiger partial charge in [0.15, 0.2) is 18.1 Å². The Hall–Kier alpha value is -3.38. The van der Waals surface area contributed by atoms with Crippen LogP contribution in [0.5, 0.6) is 0 Å². The van der Waals surface area contributed by atoms with Crippen LogP contribution in [0.4, 0.5) is 5.69 Å². The first kappa shape index (κ1) is 29.6. The standard InChI is InChI=1S/C24H27BrN4O11/c1-9-6-10(2-3-12(9)25)27-21(36)14-7-13(31)17(34)23(38-14)40-19(20(26)35)18-11(8-30)16(33)22(39-18)29-5-4-15(32)28-24(29)37/h2-7,11,13,16-19,22-23,30-31,33-34H,8H2,1H3,(H2,26,35)(H,27,36)(H,28,32,37)/t11-,13-,16+,17-,18-,19+,22+,23+/m0/s1. The number of aryl methyl sites for hydroxylation is 1. The second kappa shape index (κ2) is 12.0. The Kier molecular flexibility index (Phi) is 8.89. The zero-order valence-corrected chi connectivity index (χ0v) is 22.4. The van der Waals surface area contributed by atoms with E-state index < -0.39 is 84.4 Å². The fourth-order valence-electron chi connectivity index (χ4n) is 4.37. The van der Waals surface area contributed by atoms with Crippen LogP contribution in [0.15, 0.2) is 56.4 Å². The van der Waals surface area contributed by atoms with Gasteiger partial charge in [-0.25, -0.2) is 4.79 Å². The number of anilines is 1. The first-order valence-corrected chi connectivity index (χ1v) is 12.7. The van der Waals surface area contributed by atoms with E-state index in [1.54, 1.807) is 18.2 Å². The Morgan fingerprint density at radius 3 is 2.58 bits per heavy atom. The molecule has 3 heterocycles. The highest BCUT2D eigenvalue weighted by atomic mass is 79.9. The van der Waals surface area contributed by atoms with Crippen molar-refractivity contribution in [3.8, 4) is 0 Å². The van der Waals surface area contributed by atoms with Crippen molar-refractivity contribution in [3.63, 3.8) is 0 Å². The Bertz CT molecular complexity index is 1430. The summed E-state index contributed by atoms with van der Waals surface area (Å²) in [5, 5.41) is 44.1. The van der Waals surface area contributed by atoms with Crippen molar-refractivity contribution in [2.24, 2.45) is 11.7 Å². The summed E-state index contributed by atoms with van der Waals surface area (Å²) in [6, 6.07) is 6.01. The smallest absolute Gasteiger partial charge is 0.330 e. The van der Waals surface area contributed by atoms with Crippen LogP contribution in [-0.4, -0.2) is 85.2 Å². The highest BCUT2D eigenvalue weighted by Gasteiger charge is 2.51. The molecule has 216 valence electrons. The fraction of sp³-hybridized carbons (Fsp3) is 0.417.